The molecule has 0 aliphatic heterocycles. The lowest BCUT2D eigenvalue weighted by molar-refractivity contribution is -0.152. The molecule has 0 saturated heterocycles. The number of carbonyl (C=O) groups is 1. The Morgan fingerprint density at radius 1 is 1.02 bits per heavy atom. The summed E-state index contributed by atoms with van der Waals surface area (Å²) in [5, 5.41) is 20.2. The summed E-state index contributed by atoms with van der Waals surface area (Å²) in [5.74, 6) is -0.750. The molecule has 3 N–H and O–H groups in total. The number of rotatable bonds is 11. The summed E-state index contributed by atoms with van der Waals surface area (Å²) in [7, 11) is 0. The minimum absolute atomic E-state index is 0.187. The first kappa shape index (κ1) is 31.3. The Hall–Kier alpha value is -4.22. The lowest BCUT2D eigenvalue weighted by Gasteiger charge is -2.25. The highest BCUT2D eigenvalue weighted by molar-refractivity contribution is 5.89. The molecule has 3 aromatic carbocycles. The van der Waals surface area contributed by atoms with Crippen molar-refractivity contribution in [3.8, 4) is 11.5 Å². The lowest BCUT2D eigenvalue weighted by atomic mass is 9.97. The van der Waals surface area contributed by atoms with Crippen LogP contribution in [0.2, 0.25) is 0 Å². The molecule has 0 aliphatic carbocycles. The Balaban J connectivity index is 1.94. The molecule has 0 radical (unpaired) electrons. The quantitative estimate of drug-likeness (QED) is 0.156. The van der Waals surface area contributed by atoms with Crippen molar-refractivity contribution in [2.45, 2.75) is 57.7 Å². The number of halogens is 6. The van der Waals surface area contributed by atoms with Crippen LogP contribution in [0.25, 0.3) is 0 Å². The third-order valence-electron chi connectivity index (χ3n) is 6.12. The molecule has 0 bridgehead atoms. The van der Waals surface area contributed by atoms with Gasteiger partial charge in [-0.1, -0.05) is 12.1 Å². The molecular weight excluding hydrogens is 554 g/mol. The number of carboxylic acids is 1. The van der Waals surface area contributed by atoms with Crippen LogP contribution in [0.3, 0.4) is 0 Å². The Morgan fingerprint density at radius 2 is 1.68 bits per heavy atom. The molecule has 0 amide bonds. The number of alkyl halides is 6. The highest BCUT2D eigenvalue weighted by Gasteiger charge is 2.32. The van der Waals surface area contributed by atoms with E-state index in [-0.39, 0.29) is 34.0 Å². The minimum atomic E-state index is -4.52. The Kier molecular flexibility index (Phi) is 9.25. The predicted molar refractivity (Wildman–Crippen MR) is 141 cm³/mol. The van der Waals surface area contributed by atoms with E-state index in [0.29, 0.717) is 5.56 Å². The fourth-order valence-corrected chi connectivity index (χ4v) is 3.90. The number of aliphatic carboxylic acids is 1. The Morgan fingerprint density at radius 3 is 2.22 bits per heavy atom. The molecule has 1 atom stereocenters. The molecule has 12 heteroatoms. The van der Waals surface area contributed by atoms with Crippen molar-refractivity contribution in [2.24, 2.45) is 0 Å². The fraction of sp³-hybridized carbons (Fsp3) is 0.310. The predicted octanol–water partition coefficient (Wildman–Crippen LogP) is 8.46. The molecule has 1 unspecified atom stereocenters. The van der Waals surface area contributed by atoms with Crippen LogP contribution in [0.15, 0.2) is 60.7 Å². The lowest BCUT2D eigenvalue weighted by Crippen LogP contribution is -2.38. The maximum Gasteiger partial charge on any atom is 0.416 e. The van der Waals surface area contributed by atoms with E-state index in [4.69, 9.17) is 14.9 Å². The summed E-state index contributed by atoms with van der Waals surface area (Å²) >= 11 is 0. The number of hydrogen-bond donors (Lipinski definition) is 3. The first-order valence-corrected chi connectivity index (χ1v) is 12.3. The maximum absolute atomic E-state index is 13.2. The van der Waals surface area contributed by atoms with E-state index in [0.717, 1.165) is 18.3 Å². The van der Waals surface area contributed by atoms with E-state index in [1.54, 1.807) is 13.0 Å². The standard InChI is InChI=1S/C29H28F6N2O4/c1-17-15-20(11-12-24(17)41-27(2,3)26(38)39)40-25(13-14-28(30,31)32)21-5-4-6-23(22(21)16-36)37-19-9-7-18(8-10-19)29(33,34)35/h4-12,15-16,25,36-37H,13-14H2,1-3H3,(H,38,39). The van der Waals surface area contributed by atoms with Crippen molar-refractivity contribution >= 4 is 23.6 Å². The van der Waals surface area contributed by atoms with E-state index < -0.39 is 48.4 Å². The molecule has 3 aromatic rings. The second kappa shape index (κ2) is 12.1. The van der Waals surface area contributed by atoms with Gasteiger partial charge in [-0.15, -0.1) is 0 Å². The Labute approximate surface area is 232 Å². The monoisotopic (exact) mass is 582 g/mol. The van der Waals surface area contributed by atoms with Gasteiger partial charge in [0.2, 0.25) is 0 Å². The number of carboxylic acid groups (broad SMARTS) is 1. The van der Waals surface area contributed by atoms with Crippen LogP contribution in [0.4, 0.5) is 37.7 Å². The largest absolute Gasteiger partial charge is 0.486 e. The van der Waals surface area contributed by atoms with E-state index in [9.17, 15) is 36.2 Å². The van der Waals surface area contributed by atoms with E-state index in [1.165, 1.54) is 56.3 Å². The first-order chi connectivity index (χ1) is 19.0. The topological polar surface area (TPSA) is 91.6 Å². The van der Waals surface area contributed by atoms with Gasteiger partial charge in [-0.2, -0.15) is 26.3 Å². The van der Waals surface area contributed by atoms with Gasteiger partial charge in [0.05, 0.1) is 5.56 Å². The zero-order chi connectivity index (χ0) is 30.6. The number of nitrogens with one attached hydrogen (secondary N) is 2. The van der Waals surface area contributed by atoms with Gasteiger partial charge in [0, 0.05) is 35.1 Å². The number of anilines is 2. The second-order valence-electron chi connectivity index (χ2n) is 9.76. The van der Waals surface area contributed by atoms with Crippen molar-refractivity contribution in [3.05, 3.63) is 82.9 Å². The van der Waals surface area contributed by atoms with E-state index in [1.807, 2.05) is 0 Å². The molecule has 41 heavy (non-hydrogen) atoms. The summed E-state index contributed by atoms with van der Waals surface area (Å²) in [6.45, 7) is 4.37. The average molecular weight is 583 g/mol. The van der Waals surface area contributed by atoms with Crippen LogP contribution in [0.5, 0.6) is 11.5 Å². The van der Waals surface area contributed by atoms with Crippen molar-refractivity contribution < 1.29 is 45.7 Å². The van der Waals surface area contributed by atoms with Crippen molar-refractivity contribution in [1.82, 2.24) is 0 Å². The summed E-state index contributed by atoms with van der Waals surface area (Å²) in [6.07, 6.45) is -10.9. The third-order valence-corrected chi connectivity index (χ3v) is 6.12. The first-order valence-electron chi connectivity index (χ1n) is 12.3. The van der Waals surface area contributed by atoms with Crippen LogP contribution in [-0.2, 0) is 11.0 Å². The molecule has 3 rings (SSSR count). The number of hydrogen-bond acceptors (Lipinski definition) is 5. The maximum atomic E-state index is 13.2. The normalized spacial score (nSPS) is 12.9. The summed E-state index contributed by atoms with van der Waals surface area (Å²) in [5.41, 5.74) is -0.873. The Bertz CT molecular complexity index is 1390. The third kappa shape index (κ3) is 8.38. The molecular formula is C29H28F6N2O4. The second-order valence-corrected chi connectivity index (χ2v) is 9.76. The van der Waals surface area contributed by atoms with Gasteiger partial charge < -0.3 is 25.3 Å². The van der Waals surface area contributed by atoms with Crippen LogP contribution >= 0.6 is 0 Å². The fourth-order valence-electron chi connectivity index (χ4n) is 3.90. The van der Waals surface area contributed by atoms with Crippen molar-refractivity contribution in [2.75, 3.05) is 5.32 Å². The molecule has 0 saturated carbocycles. The zero-order valence-electron chi connectivity index (χ0n) is 22.3. The van der Waals surface area contributed by atoms with Gasteiger partial charge in [0.25, 0.3) is 0 Å². The molecule has 0 aliphatic rings. The van der Waals surface area contributed by atoms with Gasteiger partial charge in [0.1, 0.15) is 17.6 Å². The summed E-state index contributed by atoms with van der Waals surface area (Å²) in [4.78, 5) is 11.4. The smallest absolute Gasteiger partial charge is 0.416 e. The minimum Gasteiger partial charge on any atom is -0.486 e. The van der Waals surface area contributed by atoms with Crippen LogP contribution in [-0.4, -0.2) is 29.1 Å². The van der Waals surface area contributed by atoms with Crippen molar-refractivity contribution in [1.29, 1.82) is 5.41 Å². The molecule has 0 aromatic heterocycles. The highest BCUT2D eigenvalue weighted by atomic mass is 19.4. The van der Waals surface area contributed by atoms with Gasteiger partial charge in [-0.3, -0.25) is 0 Å². The zero-order valence-corrected chi connectivity index (χ0v) is 22.3. The SMILES string of the molecule is Cc1cc(OC(CCC(F)(F)F)c2cccc(Nc3ccc(C(F)(F)F)cc3)c2C=N)ccc1OC(C)(C)C(=O)O. The number of ether oxygens (including phenoxy) is 2. The van der Waals surface area contributed by atoms with E-state index in [2.05, 4.69) is 5.32 Å². The van der Waals surface area contributed by atoms with Gasteiger partial charge in [0.15, 0.2) is 5.60 Å². The molecule has 0 spiro atoms. The molecule has 220 valence electrons. The van der Waals surface area contributed by atoms with Gasteiger partial charge in [-0.05, 0) is 81.3 Å². The van der Waals surface area contributed by atoms with Crippen LogP contribution < -0.4 is 14.8 Å². The molecule has 0 fully saturated rings. The summed E-state index contributed by atoms with van der Waals surface area (Å²) in [6, 6.07) is 13.2. The van der Waals surface area contributed by atoms with Gasteiger partial charge >= 0.3 is 18.3 Å². The van der Waals surface area contributed by atoms with Crippen LogP contribution in [0, 0.1) is 12.3 Å². The molecule has 0 heterocycles. The van der Waals surface area contributed by atoms with Crippen molar-refractivity contribution in [3.63, 3.8) is 0 Å². The number of aryl methyl sites for hydroxylation is 1. The van der Waals surface area contributed by atoms with Crippen LogP contribution in [0.1, 0.15) is 55.0 Å². The molecule has 6 nitrogen and oxygen atoms in total. The van der Waals surface area contributed by atoms with E-state index >= 15 is 0 Å². The summed E-state index contributed by atoms with van der Waals surface area (Å²) < 4.78 is 90.0. The highest BCUT2D eigenvalue weighted by Crippen LogP contribution is 2.37. The average Bonchev–Trinajstić information content (AvgIpc) is 2.87. The van der Waals surface area contributed by atoms with Gasteiger partial charge in [-0.25, -0.2) is 4.79 Å². The number of benzene rings is 3.